The van der Waals surface area contributed by atoms with E-state index in [-0.39, 0.29) is 10.8 Å². The Morgan fingerprint density at radius 3 is 2.00 bits per heavy atom. The van der Waals surface area contributed by atoms with Gasteiger partial charge in [0.2, 0.25) is 5.91 Å². The lowest BCUT2D eigenvalue weighted by Gasteiger charge is -2.36. The molecule has 1 aliphatic rings. The topological polar surface area (TPSA) is 20.3 Å². The highest BCUT2D eigenvalue weighted by atomic mass is 16.2. The number of carbonyl (C=O) groups is 1. The molecule has 0 heterocycles. The van der Waals surface area contributed by atoms with Gasteiger partial charge in [0.15, 0.2) is 0 Å². The Balaban J connectivity index is 2.84. The van der Waals surface area contributed by atoms with Crippen molar-refractivity contribution >= 4 is 5.91 Å². The summed E-state index contributed by atoms with van der Waals surface area (Å²) in [5, 5.41) is 0. The first-order valence-corrected chi connectivity index (χ1v) is 5.99. The fourth-order valence-electron chi connectivity index (χ4n) is 3.01. The Bertz CT molecular complexity index is 231. The van der Waals surface area contributed by atoms with Crippen molar-refractivity contribution < 1.29 is 4.79 Å². The van der Waals surface area contributed by atoms with E-state index in [1.165, 1.54) is 12.8 Å². The van der Waals surface area contributed by atoms with Crippen LogP contribution in [0.25, 0.3) is 0 Å². The third kappa shape index (κ3) is 2.96. The standard InChI is InChI=1S/C13H25NO/c1-12(2,3)10-13(8-6-7-9-13)11(15)14(4)5/h6-10H2,1-5H3. The number of hydrogen-bond acceptors (Lipinski definition) is 1. The molecule has 0 N–H and O–H groups in total. The fourth-order valence-corrected chi connectivity index (χ4v) is 3.01. The summed E-state index contributed by atoms with van der Waals surface area (Å²) < 4.78 is 0. The van der Waals surface area contributed by atoms with Crippen molar-refractivity contribution in [1.29, 1.82) is 0 Å². The van der Waals surface area contributed by atoms with Gasteiger partial charge >= 0.3 is 0 Å². The zero-order chi connectivity index (χ0) is 11.7. The summed E-state index contributed by atoms with van der Waals surface area (Å²) in [4.78, 5) is 14.0. The summed E-state index contributed by atoms with van der Waals surface area (Å²) >= 11 is 0. The maximum Gasteiger partial charge on any atom is 0.228 e. The molecule has 1 saturated carbocycles. The van der Waals surface area contributed by atoms with Crippen LogP contribution in [-0.2, 0) is 4.79 Å². The highest BCUT2D eigenvalue weighted by molar-refractivity contribution is 5.82. The molecule has 0 unspecified atom stereocenters. The summed E-state index contributed by atoms with van der Waals surface area (Å²) in [6.45, 7) is 6.70. The molecule has 0 atom stereocenters. The molecule has 15 heavy (non-hydrogen) atoms. The molecule has 0 aliphatic heterocycles. The van der Waals surface area contributed by atoms with Gasteiger partial charge in [-0.15, -0.1) is 0 Å². The van der Waals surface area contributed by atoms with Gasteiger partial charge in [-0.3, -0.25) is 4.79 Å². The Hall–Kier alpha value is -0.530. The lowest BCUT2D eigenvalue weighted by Crippen LogP contribution is -2.40. The van der Waals surface area contributed by atoms with Crippen LogP contribution in [0.2, 0.25) is 0 Å². The lowest BCUT2D eigenvalue weighted by atomic mass is 9.72. The second-order valence-electron chi connectivity index (χ2n) is 6.42. The van der Waals surface area contributed by atoms with Crippen LogP contribution < -0.4 is 0 Å². The van der Waals surface area contributed by atoms with Gasteiger partial charge in [-0.2, -0.15) is 0 Å². The minimum atomic E-state index is -0.0538. The Morgan fingerprint density at radius 1 is 1.20 bits per heavy atom. The van der Waals surface area contributed by atoms with E-state index < -0.39 is 0 Å². The molecule has 2 nitrogen and oxygen atoms in total. The van der Waals surface area contributed by atoms with Crippen LogP contribution >= 0.6 is 0 Å². The number of carbonyl (C=O) groups excluding carboxylic acids is 1. The lowest BCUT2D eigenvalue weighted by molar-refractivity contribution is -0.141. The van der Waals surface area contributed by atoms with Gasteiger partial charge in [0.25, 0.3) is 0 Å². The van der Waals surface area contributed by atoms with E-state index in [1.807, 2.05) is 14.1 Å². The van der Waals surface area contributed by atoms with Crippen LogP contribution in [0, 0.1) is 10.8 Å². The minimum Gasteiger partial charge on any atom is -0.348 e. The van der Waals surface area contributed by atoms with Crippen molar-refractivity contribution in [2.75, 3.05) is 14.1 Å². The summed E-state index contributed by atoms with van der Waals surface area (Å²) in [5.74, 6) is 0.343. The molecule has 0 aromatic rings. The first kappa shape index (κ1) is 12.5. The monoisotopic (exact) mass is 211 g/mol. The quantitative estimate of drug-likeness (QED) is 0.687. The molecule has 1 fully saturated rings. The van der Waals surface area contributed by atoms with E-state index in [9.17, 15) is 4.79 Å². The molecular weight excluding hydrogens is 186 g/mol. The molecular formula is C13H25NO. The van der Waals surface area contributed by atoms with E-state index in [0.717, 1.165) is 19.3 Å². The highest BCUT2D eigenvalue weighted by Crippen LogP contribution is 2.47. The van der Waals surface area contributed by atoms with Gasteiger partial charge < -0.3 is 4.90 Å². The number of amides is 1. The van der Waals surface area contributed by atoms with Crippen molar-refractivity contribution in [3.05, 3.63) is 0 Å². The Kier molecular flexibility index (Phi) is 3.47. The second-order valence-corrected chi connectivity index (χ2v) is 6.42. The smallest absolute Gasteiger partial charge is 0.228 e. The van der Waals surface area contributed by atoms with E-state index in [4.69, 9.17) is 0 Å². The van der Waals surface area contributed by atoms with Gasteiger partial charge in [0, 0.05) is 19.5 Å². The predicted molar refractivity (Wildman–Crippen MR) is 63.7 cm³/mol. The third-order valence-electron chi connectivity index (χ3n) is 3.29. The van der Waals surface area contributed by atoms with Crippen molar-refractivity contribution in [1.82, 2.24) is 4.90 Å². The van der Waals surface area contributed by atoms with Gasteiger partial charge in [-0.1, -0.05) is 33.6 Å². The molecule has 0 aromatic heterocycles. The highest BCUT2D eigenvalue weighted by Gasteiger charge is 2.44. The largest absolute Gasteiger partial charge is 0.348 e. The molecule has 0 radical (unpaired) electrons. The van der Waals surface area contributed by atoms with Crippen molar-refractivity contribution in [3.8, 4) is 0 Å². The average molecular weight is 211 g/mol. The van der Waals surface area contributed by atoms with E-state index in [1.54, 1.807) is 4.90 Å². The van der Waals surface area contributed by atoms with Crippen molar-refractivity contribution in [2.24, 2.45) is 10.8 Å². The van der Waals surface area contributed by atoms with Gasteiger partial charge in [0.1, 0.15) is 0 Å². The molecule has 0 aromatic carbocycles. The molecule has 0 bridgehead atoms. The Labute approximate surface area is 94.0 Å². The average Bonchev–Trinajstić information content (AvgIpc) is 2.49. The van der Waals surface area contributed by atoms with E-state index in [0.29, 0.717) is 5.91 Å². The summed E-state index contributed by atoms with van der Waals surface area (Å²) in [6, 6.07) is 0. The van der Waals surface area contributed by atoms with Gasteiger partial charge in [-0.05, 0) is 24.7 Å². The summed E-state index contributed by atoms with van der Waals surface area (Å²) in [5.41, 5.74) is 0.192. The fraction of sp³-hybridized carbons (Fsp3) is 0.923. The zero-order valence-electron chi connectivity index (χ0n) is 10.9. The zero-order valence-corrected chi connectivity index (χ0v) is 10.9. The summed E-state index contributed by atoms with van der Waals surface area (Å²) in [6.07, 6.45) is 5.63. The Morgan fingerprint density at radius 2 is 1.67 bits per heavy atom. The van der Waals surface area contributed by atoms with Crippen molar-refractivity contribution in [2.45, 2.75) is 52.9 Å². The number of rotatable bonds is 2. The van der Waals surface area contributed by atoms with Crippen LogP contribution in [0.5, 0.6) is 0 Å². The van der Waals surface area contributed by atoms with E-state index in [2.05, 4.69) is 20.8 Å². The minimum absolute atomic E-state index is 0.0538. The first-order chi connectivity index (χ1) is 6.77. The molecule has 0 saturated heterocycles. The predicted octanol–water partition coefficient (Wildman–Crippen LogP) is 3.07. The maximum absolute atomic E-state index is 12.3. The van der Waals surface area contributed by atoms with E-state index >= 15 is 0 Å². The molecule has 1 rings (SSSR count). The summed E-state index contributed by atoms with van der Waals surface area (Å²) in [7, 11) is 3.76. The third-order valence-corrected chi connectivity index (χ3v) is 3.29. The molecule has 88 valence electrons. The normalized spacial score (nSPS) is 20.3. The molecule has 0 spiro atoms. The first-order valence-electron chi connectivity index (χ1n) is 5.99. The van der Waals surface area contributed by atoms with Crippen LogP contribution in [-0.4, -0.2) is 24.9 Å². The second kappa shape index (κ2) is 4.15. The van der Waals surface area contributed by atoms with Crippen LogP contribution in [0.1, 0.15) is 52.9 Å². The molecule has 1 amide bonds. The van der Waals surface area contributed by atoms with Crippen LogP contribution in [0.4, 0.5) is 0 Å². The van der Waals surface area contributed by atoms with Crippen LogP contribution in [0.15, 0.2) is 0 Å². The molecule has 1 aliphatic carbocycles. The number of nitrogens with zero attached hydrogens (tertiary/aromatic N) is 1. The van der Waals surface area contributed by atoms with Crippen LogP contribution in [0.3, 0.4) is 0 Å². The van der Waals surface area contributed by atoms with Gasteiger partial charge in [-0.25, -0.2) is 0 Å². The van der Waals surface area contributed by atoms with Gasteiger partial charge in [0.05, 0.1) is 0 Å². The maximum atomic E-state index is 12.3. The molecule has 2 heteroatoms. The SMILES string of the molecule is CN(C)C(=O)C1(CC(C)(C)C)CCCC1. The number of hydrogen-bond donors (Lipinski definition) is 0. The van der Waals surface area contributed by atoms with Crippen molar-refractivity contribution in [3.63, 3.8) is 0 Å².